The number of tetrazole rings is 1. The molecule has 0 aliphatic carbocycles. The maximum Gasteiger partial charge on any atom is 0.233 e. The van der Waals surface area contributed by atoms with Gasteiger partial charge >= 0.3 is 0 Å². The van der Waals surface area contributed by atoms with E-state index >= 15 is 0 Å². The van der Waals surface area contributed by atoms with Gasteiger partial charge in [-0.2, -0.15) is 4.68 Å². The molecule has 1 amide bonds. The van der Waals surface area contributed by atoms with Crippen molar-refractivity contribution in [3.8, 4) is 11.4 Å². The third-order valence-corrected chi connectivity index (χ3v) is 4.93. The molecule has 8 heteroatoms. The maximum atomic E-state index is 12.6. The lowest BCUT2D eigenvalue weighted by molar-refractivity contribution is -0.128. The van der Waals surface area contributed by atoms with Gasteiger partial charge in [0, 0.05) is 13.1 Å². The summed E-state index contributed by atoms with van der Waals surface area (Å²) in [7, 11) is 1.60. The zero-order valence-corrected chi connectivity index (χ0v) is 16.1. The first-order valence-corrected chi connectivity index (χ1v) is 9.57. The van der Waals surface area contributed by atoms with Crippen molar-refractivity contribution in [3.63, 3.8) is 0 Å². The van der Waals surface area contributed by atoms with Crippen LogP contribution in [0.25, 0.3) is 5.69 Å². The summed E-state index contributed by atoms with van der Waals surface area (Å²) in [4.78, 5) is 14.5. The molecular weight excluding hydrogens is 362 g/mol. The number of hydrogen-bond donors (Lipinski definition) is 0. The van der Waals surface area contributed by atoms with Gasteiger partial charge in [-0.3, -0.25) is 4.79 Å². The quantitative estimate of drug-likeness (QED) is 0.557. The number of benzene rings is 2. The maximum absolute atomic E-state index is 12.6. The van der Waals surface area contributed by atoms with Gasteiger partial charge in [0.25, 0.3) is 0 Å². The largest absolute Gasteiger partial charge is 0.494 e. The Hall–Kier alpha value is -2.87. The van der Waals surface area contributed by atoms with Gasteiger partial charge in [-0.05, 0) is 35.0 Å². The number of aromatic nitrogens is 4. The van der Waals surface area contributed by atoms with Crippen molar-refractivity contribution in [1.82, 2.24) is 25.1 Å². The molecule has 0 N–H and O–H groups in total. The van der Waals surface area contributed by atoms with Crippen LogP contribution in [-0.4, -0.2) is 50.4 Å². The predicted molar refractivity (Wildman–Crippen MR) is 104 cm³/mol. The number of rotatable bonds is 8. The second-order valence-corrected chi connectivity index (χ2v) is 6.67. The summed E-state index contributed by atoms with van der Waals surface area (Å²) >= 11 is 1.31. The Morgan fingerprint density at radius 2 is 1.89 bits per heavy atom. The van der Waals surface area contributed by atoms with Crippen LogP contribution in [0.2, 0.25) is 0 Å². The van der Waals surface area contributed by atoms with Gasteiger partial charge in [0.15, 0.2) is 0 Å². The first-order valence-electron chi connectivity index (χ1n) is 8.59. The van der Waals surface area contributed by atoms with Gasteiger partial charge in [0.1, 0.15) is 11.4 Å². The van der Waals surface area contributed by atoms with Crippen LogP contribution in [0.3, 0.4) is 0 Å². The van der Waals surface area contributed by atoms with Crippen molar-refractivity contribution in [2.45, 2.75) is 18.6 Å². The van der Waals surface area contributed by atoms with Crippen LogP contribution in [0, 0.1) is 0 Å². The fourth-order valence-corrected chi connectivity index (χ4v) is 3.41. The van der Waals surface area contributed by atoms with Gasteiger partial charge in [-0.15, -0.1) is 5.10 Å². The van der Waals surface area contributed by atoms with Gasteiger partial charge in [0.2, 0.25) is 11.1 Å². The number of para-hydroxylation sites is 2. The van der Waals surface area contributed by atoms with E-state index in [0.29, 0.717) is 24.0 Å². The van der Waals surface area contributed by atoms with Crippen molar-refractivity contribution < 1.29 is 9.53 Å². The summed E-state index contributed by atoms with van der Waals surface area (Å²) in [5.41, 5.74) is 1.84. The normalized spacial score (nSPS) is 10.6. The van der Waals surface area contributed by atoms with E-state index in [0.717, 1.165) is 11.3 Å². The molecule has 0 aliphatic heterocycles. The molecule has 0 atom stereocenters. The lowest BCUT2D eigenvalue weighted by Gasteiger charge is -2.20. The van der Waals surface area contributed by atoms with Crippen molar-refractivity contribution >= 4 is 17.7 Å². The molecule has 3 aromatic rings. The molecule has 0 fully saturated rings. The molecule has 27 heavy (non-hydrogen) atoms. The average Bonchev–Trinajstić information content (AvgIpc) is 3.19. The van der Waals surface area contributed by atoms with E-state index in [2.05, 4.69) is 15.5 Å². The molecule has 0 radical (unpaired) electrons. The molecule has 140 valence electrons. The fraction of sp³-hybridized carbons (Fsp3) is 0.263. The number of carbonyl (C=O) groups is 1. The molecule has 2 aromatic carbocycles. The molecule has 0 aliphatic rings. The number of ether oxygens (including phenoxy) is 1. The fourth-order valence-electron chi connectivity index (χ4n) is 2.62. The molecule has 0 spiro atoms. The number of methoxy groups -OCH3 is 1. The molecule has 0 bridgehead atoms. The minimum Gasteiger partial charge on any atom is -0.494 e. The summed E-state index contributed by atoms with van der Waals surface area (Å²) in [5.74, 6) is 0.967. The molecule has 0 saturated carbocycles. The molecule has 1 heterocycles. The highest BCUT2D eigenvalue weighted by Gasteiger charge is 2.17. The third kappa shape index (κ3) is 4.65. The Bertz CT molecular complexity index is 885. The smallest absolute Gasteiger partial charge is 0.233 e. The van der Waals surface area contributed by atoms with Crippen LogP contribution in [0.4, 0.5) is 0 Å². The molecular formula is C19H21N5O2S. The summed E-state index contributed by atoms with van der Waals surface area (Å²) in [6.07, 6.45) is 0. The van der Waals surface area contributed by atoms with E-state index < -0.39 is 0 Å². The first-order chi connectivity index (χ1) is 13.2. The van der Waals surface area contributed by atoms with Gasteiger partial charge in [0.05, 0.1) is 12.9 Å². The predicted octanol–water partition coefficient (Wildman–Crippen LogP) is 2.81. The Labute approximate surface area is 162 Å². The zero-order chi connectivity index (χ0) is 19.1. The number of thioether (sulfide) groups is 1. The molecule has 7 nitrogen and oxygen atoms in total. The molecule has 0 unspecified atom stereocenters. The zero-order valence-electron chi connectivity index (χ0n) is 15.3. The molecule has 0 saturated heterocycles. The van der Waals surface area contributed by atoms with E-state index in [9.17, 15) is 4.79 Å². The lowest BCUT2D eigenvalue weighted by Crippen LogP contribution is -2.31. The third-order valence-electron chi connectivity index (χ3n) is 4.03. The van der Waals surface area contributed by atoms with E-state index in [-0.39, 0.29) is 11.7 Å². The van der Waals surface area contributed by atoms with Crippen LogP contribution in [-0.2, 0) is 11.3 Å². The SMILES string of the molecule is CCN(Cc1ccccc1)C(=O)CSc1nnnn1-c1ccccc1OC. The minimum absolute atomic E-state index is 0.0425. The van der Waals surface area contributed by atoms with Crippen molar-refractivity contribution in [2.24, 2.45) is 0 Å². The van der Waals surface area contributed by atoms with Crippen LogP contribution >= 0.6 is 11.8 Å². The highest BCUT2D eigenvalue weighted by molar-refractivity contribution is 7.99. The summed E-state index contributed by atoms with van der Waals surface area (Å²) in [6, 6.07) is 17.4. The van der Waals surface area contributed by atoms with Crippen LogP contribution in [0.15, 0.2) is 59.8 Å². The summed E-state index contributed by atoms with van der Waals surface area (Å²) in [5, 5.41) is 12.4. The minimum atomic E-state index is 0.0425. The Kier molecular flexibility index (Phi) is 6.43. The second-order valence-electron chi connectivity index (χ2n) is 5.73. The summed E-state index contributed by atoms with van der Waals surface area (Å²) in [6.45, 7) is 3.21. The highest BCUT2D eigenvalue weighted by atomic mass is 32.2. The van der Waals surface area contributed by atoms with E-state index in [1.807, 2.05) is 66.4 Å². The standard InChI is InChI=1S/C19H21N5O2S/c1-3-23(13-15-9-5-4-6-10-15)18(25)14-27-19-20-21-22-24(19)16-11-7-8-12-17(16)26-2/h4-12H,3,13-14H2,1-2H3. The number of amides is 1. The first kappa shape index (κ1) is 18.9. The molecule has 1 aromatic heterocycles. The number of nitrogens with zero attached hydrogens (tertiary/aromatic N) is 5. The van der Waals surface area contributed by atoms with Crippen LogP contribution in [0.1, 0.15) is 12.5 Å². The Morgan fingerprint density at radius 1 is 1.15 bits per heavy atom. The van der Waals surface area contributed by atoms with Crippen LogP contribution in [0.5, 0.6) is 5.75 Å². The lowest BCUT2D eigenvalue weighted by atomic mass is 10.2. The van der Waals surface area contributed by atoms with E-state index in [1.54, 1.807) is 11.8 Å². The van der Waals surface area contributed by atoms with Crippen molar-refractivity contribution in [1.29, 1.82) is 0 Å². The van der Waals surface area contributed by atoms with Gasteiger partial charge in [-0.25, -0.2) is 0 Å². The molecule has 3 rings (SSSR count). The van der Waals surface area contributed by atoms with Gasteiger partial charge in [-0.1, -0.05) is 54.2 Å². The van der Waals surface area contributed by atoms with Crippen molar-refractivity contribution in [3.05, 3.63) is 60.2 Å². The second kappa shape index (κ2) is 9.18. The topological polar surface area (TPSA) is 73.1 Å². The van der Waals surface area contributed by atoms with Crippen molar-refractivity contribution in [2.75, 3.05) is 19.4 Å². The summed E-state index contributed by atoms with van der Waals surface area (Å²) < 4.78 is 6.96. The number of carbonyl (C=O) groups excluding carboxylic acids is 1. The van der Waals surface area contributed by atoms with Crippen LogP contribution < -0.4 is 4.74 Å². The Balaban J connectivity index is 1.68. The van der Waals surface area contributed by atoms with Gasteiger partial charge < -0.3 is 9.64 Å². The highest BCUT2D eigenvalue weighted by Crippen LogP contribution is 2.25. The van der Waals surface area contributed by atoms with E-state index in [1.165, 1.54) is 11.8 Å². The Morgan fingerprint density at radius 3 is 2.63 bits per heavy atom. The monoisotopic (exact) mass is 383 g/mol. The van der Waals surface area contributed by atoms with E-state index in [4.69, 9.17) is 4.74 Å². The number of hydrogen-bond acceptors (Lipinski definition) is 6. The average molecular weight is 383 g/mol.